The van der Waals surface area contributed by atoms with Gasteiger partial charge in [-0.25, -0.2) is 0 Å². The van der Waals surface area contributed by atoms with Gasteiger partial charge in [-0.1, -0.05) is 32.4 Å². The average Bonchev–Trinajstić information content (AvgIpc) is 3.87. The summed E-state index contributed by atoms with van der Waals surface area (Å²) in [5.41, 5.74) is 0.762. The van der Waals surface area contributed by atoms with Crippen molar-refractivity contribution in [2.24, 2.45) is 40.4 Å². The molecule has 8 fully saturated rings. The molecule has 5 heterocycles. The molecule has 0 aromatic carbocycles. The Hall–Kier alpha value is -0.980. The maximum Gasteiger partial charge on any atom is 0.187 e. The van der Waals surface area contributed by atoms with Crippen LogP contribution in [0, 0.1) is 40.4 Å². The molecule has 0 amide bonds. The van der Waals surface area contributed by atoms with Gasteiger partial charge < -0.3 is 89.0 Å². The van der Waals surface area contributed by atoms with Crippen molar-refractivity contribution in [2.75, 3.05) is 19.8 Å². The minimum Gasteiger partial charge on any atom is -0.394 e. The topological polar surface area (TPSA) is 276 Å². The van der Waals surface area contributed by atoms with E-state index in [0.717, 1.165) is 44.9 Å². The number of ether oxygens (including phenoxy) is 8. The molecule has 0 bridgehead atoms. The molecule has 18 heteroatoms. The molecule has 4 aliphatic carbocycles. The first-order chi connectivity index (χ1) is 29.8. The van der Waals surface area contributed by atoms with Crippen molar-refractivity contribution in [3.8, 4) is 0 Å². The van der Waals surface area contributed by atoms with Crippen molar-refractivity contribution in [3.05, 3.63) is 11.6 Å². The fraction of sp³-hybridized carbons (Fsp3) is 0.956. The highest BCUT2D eigenvalue weighted by atomic mass is 16.8. The van der Waals surface area contributed by atoms with E-state index in [-0.39, 0.29) is 29.5 Å². The van der Waals surface area contributed by atoms with Crippen LogP contribution >= 0.6 is 0 Å². The van der Waals surface area contributed by atoms with Crippen molar-refractivity contribution in [1.29, 1.82) is 0 Å². The maximum absolute atomic E-state index is 12.0. The number of aliphatic hydroxyl groups excluding tert-OH is 10. The summed E-state index contributed by atoms with van der Waals surface area (Å²) in [7, 11) is 0. The number of aliphatic hydroxyl groups is 10. The van der Waals surface area contributed by atoms with Gasteiger partial charge in [0.25, 0.3) is 0 Å². The van der Waals surface area contributed by atoms with Crippen molar-refractivity contribution in [2.45, 2.75) is 208 Å². The van der Waals surface area contributed by atoms with Crippen LogP contribution in [0.15, 0.2) is 11.6 Å². The molecule has 0 aromatic rings. The van der Waals surface area contributed by atoms with Gasteiger partial charge >= 0.3 is 0 Å². The molecule has 63 heavy (non-hydrogen) atoms. The highest BCUT2D eigenvalue weighted by Crippen LogP contribution is 2.71. The van der Waals surface area contributed by atoms with Crippen LogP contribution in [0.1, 0.15) is 92.4 Å². The summed E-state index contributed by atoms with van der Waals surface area (Å²) >= 11 is 0. The molecular formula is C45H72O18. The molecule has 26 atom stereocenters. The van der Waals surface area contributed by atoms with Gasteiger partial charge in [0.15, 0.2) is 24.7 Å². The van der Waals surface area contributed by atoms with Crippen LogP contribution in [0.3, 0.4) is 0 Å². The lowest BCUT2D eigenvalue weighted by Gasteiger charge is -2.58. The molecule has 3 saturated carbocycles. The molecular weight excluding hydrogens is 828 g/mol. The zero-order chi connectivity index (χ0) is 45.1. The quantitative estimate of drug-likeness (QED) is 0.129. The van der Waals surface area contributed by atoms with Crippen molar-refractivity contribution in [3.63, 3.8) is 0 Å². The predicted molar refractivity (Wildman–Crippen MR) is 216 cm³/mol. The van der Waals surface area contributed by atoms with Gasteiger partial charge in [0.1, 0.15) is 67.1 Å². The van der Waals surface area contributed by atoms with E-state index in [0.29, 0.717) is 36.5 Å². The van der Waals surface area contributed by atoms with Crippen LogP contribution in [0.25, 0.3) is 0 Å². The monoisotopic (exact) mass is 900 g/mol. The predicted octanol–water partition coefficient (Wildman–Crippen LogP) is -0.671. The minimum atomic E-state index is -1.83. The summed E-state index contributed by atoms with van der Waals surface area (Å²) in [6, 6.07) is 0. The summed E-state index contributed by atoms with van der Waals surface area (Å²) < 4.78 is 49.9. The normalized spacial score (nSPS) is 57.9. The van der Waals surface area contributed by atoms with E-state index < -0.39 is 123 Å². The third-order valence-electron chi connectivity index (χ3n) is 17.8. The number of rotatable bonds is 9. The molecule has 0 radical (unpaired) electrons. The Labute approximate surface area is 368 Å². The maximum atomic E-state index is 12.0. The Kier molecular flexibility index (Phi) is 12.9. The second-order valence-electron chi connectivity index (χ2n) is 21.3. The molecule has 360 valence electrons. The van der Waals surface area contributed by atoms with Gasteiger partial charge in [-0.3, -0.25) is 0 Å². The van der Waals surface area contributed by atoms with E-state index in [1.165, 1.54) is 12.5 Å². The standard InChI is InChI=1S/C45H72O18/c1-19-29-26(62-45(19)13-12-42(3,18-48)63-45)15-25-23-7-6-21-14-22(8-10-43(21,4)24(23)9-11-44(25,29)5)57-41-38(61-40-35(54)33(52)31(50)27(16-46)58-40)36(55)37(28(17-47)59-41)60-39-34(53)32(51)30(49)20(2)56-39/h6,19-20,22-41,46-55H,7-18H2,1-5H3/t19-,20-,22-,23+,24+,25+,26-,27+,28+,29-,30-,31+,32+,33-,34+,35+,36-,37+,38+,39-,40-,41+,42-,43-,44-,45-/m0/s1. The highest BCUT2D eigenvalue weighted by Gasteiger charge is 2.70. The molecule has 1 spiro atoms. The van der Waals surface area contributed by atoms with Gasteiger partial charge in [0.2, 0.25) is 0 Å². The number of hydrogen-bond donors (Lipinski definition) is 10. The minimum absolute atomic E-state index is 0.0192. The van der Waals surface area contributed by atoms with Gasteiger partial charge in [-0.05, 0) is 99.7 Å². The van der Waals surface area contributed by atoms with Crippen LogP contribution in [0.4, 0.5) is 0 Å². The fourth-order valence-corrected chi connectivity index (χ4v) is 14.2. The molecule has 5 aliphatic heterocycles. The first-order valence-corrected chi connectivity index (χ1v) is 23.4. The molecule has 10 N–H and O–H groups in total. The third-order valence-corrected chi connectivity index (χ3v) is 17.8. The van der Waals surface area contributed by atoms with Crippen LogP contribution in [0.2, 0.25) is 0 Å². The summed E-state index contributed by atoms with van der Waals surface area (Å²) in [5, 5.41) is 106. The zero-order valence-electron chi connectivity index (χ0n) is 37.0. The van der Waals surface area contributed by atoms with Crippen LogP contribution in [-0.2, 0) is 37.9 Å². The van der Waals surface area contributed by atoms with Gasteiger partial charge in [-0.15, -0.1) is 0 Å². The number of fused-ring (bicyclic) bond motifs is 7. The van der Waals surface area contributed by atoms with E-state index in [1.54, 1.807) is 0 Å². The number of allylic oxidation sites excluding steroid dienone is 1. The molecule has 0 aromatic heterocycles. The lowest BCUT2D eigenvalue weighted by molar-refractivity contribution is -0.390. The van der Waals surface area contributed by atoms with E-state index in [9.17, 15) is 51.1 Å². The largest absolute Gasteiger partial charge is 0.394 e. The van der Waals surface area contributed by atoms with E-state index in [2.05, 4.69) is 26.8 Å². The van der Waals surface area contributed by atoms with Gasteiger partial charge in [-0.2, -0.15) is 0 Å². The van der Waals surface area contributed by atoms with E-state index >= 15 is 0 Å². The Morgan fingerprint density at radius 2 is 1.33 bits per heavy atom. The molecule has 9 aliphatic rings. The Morgan fingerprint density at radius 3 is 2.02 bits per heavy atom. The van der Waals surface area contributed by atoms with Crippen LogP contribution < -0.4 is 0 Å². The smallest absolute Gasteiger partial charge is 0.187 e. The highest BCUT2D eigenvalue weighted by molar-refractivity contribution is 5.26. The summed E-state index contributed by atoms with van der Waals surface area (Å²) in [5.74, 6) is 1.43. The van der Waals surface area contributed by atoms with Gasteiger partial charge in [0.05, 0.1) is 43.7 Å². The first kappa shape index (κ1) is 47.1. The molecule has 5 saturated heterocycles. The second-order valence-corrected chi connectivity index (χ2v) is 21.3. The van der Waals surface area contributed by atoms with E-state index in [4.69, 9.17) is 37.9 Å². The second kappa shape index (κ2) is 17.2. The third kappa shape index (κ3) is 7.62. The van der Waals surface area contributed by atoms with Crippen LogP contribution in [-0.4, -0.2) is 187 Å². The molecule has 0 unspecified atom stereocenters. The Bertz CT molecular complexity index is 1670. The zero-order valence-corrected chi connectivity index (χ0v) is 37.0. The molecule has 9 rings (SSSR count). The SMILES string of the molecule is C[C@@H]1O[C@@H](O[C@H]2[C@H](O)[C@@H](O[C@@H]3O[C@H](CO)[C@@H](O)[C@H](O)[C@H]3O)[C@H](O[C@H]3CC[C@@]4(C)C(=CC[C@H]5[C@H]6C[C@@H]7O[C@]8(CC[C@@](C)(CO)O8)[C@@H](C)[C@@H]7[C@@]6(C)CC[C@H]54)C3)O[C@@H]2CO)[C@H](O)[C@H](O)[C@H]1O. The molecule has 18 nitrogen and oxygen atoms in total. The average molecular weight is 901 g/mol. The first-order valence-electron chi connectivity index (χ1n) is 23.4. The van der Waals surface area contributed by atoms with Crippen molar-refractivity contribution >= 4 is 0 Å². The lowest BCUT2D eigenvalue weighted by Crippen LogP contribution is -2.67. The lowest BCUT2D eigenvalue weighted by atomic mass is 9.47. The Morgan fingerprint density at radius 1 is 0.667 bits per heavy atom. The van der Waals surface area contributed by atoms with E-state index in [1.807, 2.05) is 6.92 Å². The van der Waals surface area contributed by atoms with Crippen molar-refractivity contribution in [1.82, 2.24) is 0 Å². The fourth-order valence-electron chi connectivity index (χ4n) is 14.2. The summed E-state index contributed by atoms with van der Waals surface area (Å²) in [6.45, 7) is 9.19. The Balaban J connectivity index is 0.920. The summed E-state index contributed by atoms with van der Waals surface area (Å²) in [4.78, 5) is 0. The van der Waals surface area contributed by atoms with Crippen LogP contribution in [0.5, 0.6) is 0 Å². The van der Waals surface area contributed by atoms with Crippen molar-refractivity contribution < 1.29 is 89.0 Å². The summed E-state index contributed by atoms with van der Waals surface area (Å²) in [6.07, 6.45) is -13.2. The number of hydrogen-bond acceptors (Lipinski definition) is 18. The van der Waals surface area contributed by atoms with Gasteiger partial charge in [0, 0.05) is 12.3 Å².